The average molecular weight is 461 g/mol. The van der Waals surface area contributed by atoms with Gasteiger partial charge in [0.15, 0.2) is 0 Å². The molecule has 1 heterocycles. The van der Waals surface area contributed by atoms with Crippen molar-refractivity contribution in [2.24, 2.45) is 5.92 Å². The Hall–Kier alpha value is -2.10. The molecule has 1 fully saturated rings. The van der Waals surface area contributed by atoms with Crippen molar-refractivity contribution in [2.75, 3.05) is 18.4 Å². The minimum Gasteiger partial charge on any atom is -0.325 e. The van der Waals surface area contributed by atoms with Crippen LogP contribution in [-0.4, -0.2) is 31.7 Å². The molecule has 10 heteroatoms. The second kappa shape index (κ2) is 8.56. The Morgan fingerprint density at radius 3 is 2.37 bits per heavy atom. The molecule has 0 spiro atoms. The fourth-order valence-electron chi connectivity index (χ4n) is 3.38. The topological polar surface area (TPSA) is 66.5 Å². The zero-order valence-corrected chi connectivity index (χ0v) is 17.6. The quantitative estimate of drug-likeness (QED) is 0.718. The van der Waals surface area contributed by atoms with Crippen molar-refractivity contribution in [2.45, 2.75) is 30.8 Å². The molecule has 0 aromatic heterocycles. The van der Waals surface area contributed by atoms with E-state index in [1.54, 1.807) is 18.2 Å². The van der Waals surface area contributed by atoms with E-state index in [4.69, 9.17) is 11.6 Å². The van der Waals surface area contributed by atoms with E-state index < -0.39 is 32.6 Å². The molecule has 30 heavy (non-hydrogen) atoms. The summed E-state index contributed by atoms with van der Waals surface area (Å²) in [7, 11) is -4.33. The SMILES string of the molecule is Cc1ccc(NC(=O)C2CCN(S(=O)(=O)c3ccccc3C(F)(F)F)CC2)c(Cl)c1. The molecular formula is C20H20ClF3N2O3S. The minimum atomic E-state index is -4.78. The lowest BCUT2D eigenvalue weighted by Gasteiger charge is -2.31. The van der Waals surface area contributed by atoms with Crippen LogP contribution in [0.25, 0.3) is 0 Å². The molecule has 1 N–H and O–H groups in total. The number of sulfonamides is 1. The van der Waals surface area contributed by atoms with Gasteiger partial charge in [-0.25, -0.2) is 8.42 Å². The molecule has 0 unspecified atom stereocenters. The molecule has 0 bridgehead atoms. The van der Waals surface area contributed by atoms with E-state index in [1.165, 1.54) is 6.07 Å². The molecular weight excluding hydrogens is 441 g/mol. The van der Waals surface area contributed by atoms with E-state index >= 15 is 0 Å². The third kappa shape index (κ3) is 4.79. The average Bonchev–Trinajstić information content (AvgIpc) is 2.69. The van der Waals surface area contributed by atoms with E-state index in [0.29, 0.717) is 10.7 Å². The van der Waals surface area contributed by atoms with Crippen LogP contribution in [0.1, 0.15) is 24.0 Å². The number of rotatable bonds is 4. The Kier molecular flexibility index (Phi) is 6.45. The van der Waals surface area contributed by atoms with Gasteiger partial charge in [-0.15, -0.1) is 0 Å². The van der Waals surface area contributed by atoms with E-state index in [1.807, 2.05) is 6.92 Å². The van der Waals surface area contributed by atoms with Gasteiger partial charge in [-0.1, -0.05) is 29.8 Å². The lowest BCUT2D eigenvalue weighted by molar-refractivity contribution is -0.139. The van der Waals surface area contributed by atoms with Crippen LogP contribution in [0.3, 0.4) is 0 Å². The Morgan fingerprint density at radius 2 is 1.77 bits per heavy atom. The summed E-state index contributed by atoms with van der Waals surface area (Å²) in [5, 5.41) is 3.13. The highest BCUT2D eigenvalue weighted by molar-refractivity contribution is 7.89. The summed E-state index contributed by atoms with van der Waals surface area (Å²) in [4.78, 5) is 11.8. The molecule has 1 aliphatic heterocycles. The predicted octanol–water partition coefficient (Wildman–Crippen LogP) is 4.71. The van der Waals surface area contributed by atoms with Crippen LogP contribution in [0.5, 0.6) is 0 Å². The van der Waals surface area contributed by atoms with E-state index in [0.717, 1.165) is 28.1 Å². The molecule has 0 radical (unpaired) electrons. The molecule has 0 saturated carbocycles. The summed E-state index contributed by atoms with van der Waals surface area (Å²) in [6.07, 6.45) is -4.39. The highest BCUT2D eigenvalue weighted by Gasteiger charge is 2.40. The Balaban J connectivity index is 1.70. The van der Waals surface area contributed by atoms with Crippen LogP contribution in [0.15, 0.2) is 47.4 Å². The highest BCUT2D eigenvalue weighted by Crippen LogP contribution is 2.36. The second-order valence-corrected chi connectivity index (χ2v) is 9.46. The van der Waals surface area contributed by atoms with Crippen molar-refractivity contribution in [3.63, 3.8) is 0 Å². The smallest absolute Gasteiger partial charge is 0.325 e. The van der Waals surface area contributed by atoms with Gasteiger partial charge in [0, 0.05) is 19.0 Å². The largest absolute Gasteiger partial charge is 0.417 e. The Bertz CT molecular complexity index is 1050. The number of anilines is 1. The summed E-state index contributed by atoms with van der Waals surface area (Å²) in [6.45, 7) is 1.77. The molecule has 5 nitrogen and oxygen atoms in total. The standard InChI is InChI=1S/C20H20ClF3N2O3S/c1-13-6-7-17(16(21)12-13)25-19(27)14-8-10-26(11-9-14)30(28,29)18-5-3-2-4-15(18)20(22,23)24/h2-7,12,14H,8-11H2,1H3,(H,25,27). The maximum Gasteiger partial charge on any atom is 0.417 e. The van der Waals surface area contributed by atoms with Crippen molar-refractivity contribution in [3.05, 3.63) is 58.6 Å². The number of halogens is 4. The number of alkyl halides is 3. The summed E-state index contributed by atoms with van der Waals surface area (Å²) >= 11 is 6.12. The maximum atomic E-state index is 13.2. The number of carbonyl (C=O) groups excluding carboxylic acids is 1. The van der Waals surface area contributed by atoms with Gasteiger partial charge in [-0.3, -0.25) is 4.79 Å². The third-order valence-electron chi connectivity index (χ3n) is 5.02. The summed E-state index contributed by atoms with van der Waals surface area (Å²) < 4.78 is 66.3. The summed E-state index contributed by atoms with van der Waals surface area (Å²) in [6, 6.07) is 9.30. The Labute approximate surface area is 177 Å². The van der Waals surface area contributed by atoms with E-state index in [2.05, 4.69) is 5.32 Å². The summed E-state index contributed by atoms with van der Waals surface area (Å²) in [5.41, 5.74) is 0.205. The van der Waals surface area contributed by atoms with Crippen molar-refractivity contribution in [1.82, 2.24) is 4.31 Å². The number of amides is 1. The molecule has 1 saturated heterocycles. The molecule has 1 amide bonds. The number of hydrogen-bond acceptors (Lipinski definition) is 3. The molecule has 2 aromatic rings. The van der Waals surface area contributed by atoms with Crippen molar-refractivity contribution < 1.29 is 26.4 Å². The summed E-state index contributed by atoms with van der Waals surface area (Å²) in [5.74, 6) is -0.764. The van der Waals surface area contributed by atoms with Gasteiger partial charge in [0.25, 0.3) is 0 Å². The van der Waals surface area contributed by atoms with Crippen molar-refractivity contribution in [1.29, 1.82) is 0 Å². The van der Waals surface area contributed by atoms with Gasteiger partial charge in [0.1, 0.15) is 0 Å². The first kappa shape index (κ1) is 22.6. The lowest BCUT2D eigenvalue weighted by atomic mass is 9.97. The van der Waals surface area contributed by atoms with Gasteiger partial charge in [0.2, 0.25) is 15.9 Å². The van der Waals surface area contributed by atoms with Gasteiger partial charge < -0.3 is 5.32 Å². The van der Waals surface area contributed by atoms with Crippen molar-refractivity contribution in [3.8, 4) is 0 Å². The van der Waals surface area contributed by atoms with Gasteiger partial charge in [-0.05, 0) is 49.6 Å². The first-order valence-corrected chi connectivity index (χ1v) is 11.1. The number of nitrogens with zero attached hydrogens (tertiary/aromatic N) is 1. The molecule has 3 rings (SSSR count). The first-order chi connectivity index (χ1) is 14.0. The maximum absolute atomic E-state index is 13.2. The van der Waals surface area contributed by atoms with Crippen LogP contribution in [-0.2, 0) is 21.0 Å². The van der Waals surface area contributed by atoms with Crippen LogP contribution >= 0.6 is 11.6 Å². The predicted molar refractivity (Wildman–Crippen MR) is 108 cm³/mol. The van der Waals surface area contributed by atoms with Crippen LogP contribution in [0, 0.1) is 12.8 Å². The minimum absolute atomic E-state index is 0.0474. The number of nitrogens with one attached hydrogen (secondary N) is 1. The zero-order valence-electron chi connectivity index (χ0n) is 16.0. The van der Waals surface area contributed by atoms with E-state index in [9.17, 15) is 26.4 Å². The van der Waals surface area contributed by atoms with E-state index in [-0.39, 0.29) is 31.8 Å². The molecule has 1 aliphatic rings. The highest BCUT2D eigenvalue weighted by atomic mass is 35.5. The molecule has 162 valence electrons. The zero-order chi connectivity index (χ0) is 22.1. The number of aryl methyl sites for hydroxylation is 1. The number of piperidine rings is 1. The van der Waals surface area contributed by atoms with Gasteiger partial charge in [-0.2, -0.15) is 17.5 Å². The fraction of sp³-hybridized carbons (Fsp3) is 0.350. The lowest BCUT2D eigenvalue weighted by Crippen LogP contribution is -2.41. The van der Waals surface area contributed by atoms with Gasteiger partial charge in [0.05, 0.1) is 21.2 Å². The second-order valence-electron chi connectivity index (χ2n) is 7.14. The normalized spacial score (nSPS) is 16.4. The fourth-order valence-corrected chi connectivity index (χ4v) is 5.34. The Morgan fingerprint density at radius 1 is 1.13 bits per heavy atom. The molecule has 2 aromatic carbocycles. The van der Waals surface area contributed by atoms with Crippen molar-refractivity contribution >= 4 is 33.2 Å². The van der Waals surface area contributed by atoms with Crippen LogP contribution in [0.4, 0.5) is 18.9 Å². The monoisotopic (exact) mass is 460 g/mol. The first-order valence-electron chi connectivity index (χ1n) is 9.23. The van der Waals surface area contributed by atoms with Gasteiger partial charge >= 0.3 is 6.18 Å². The molecule has 0 aliphatic carbocycles. The molecule has 0 atom stereocenters. The number of carbonyl (C=O) groups is 1. The number of hydrogen-bond donors (Lipinski definition) is 1. The third-order valence-corrected chi connectivity index (χ3v) is 7.29. The number of benzene rings is 2. The van der Waals surface area contributed by atoms with Crippen LogP contribution < -0.4 is 5.32 Å². The van der Waals surface area contributed by atoms with Crippen LogP contribution in [0.2, 0.25) is 5.02 Å².